The zero-order valence-corrected chi connectivity index (χ0v) is 9.04. The molecule has 0 bridgehead atoms. The van der Waals surface area contributed by atoms with Crippen molar-refractivity contribution in [1.82, 2.24) is 4.98 Å². The first kappa shape index (κ1) is 10.3. The average Bonchev–Trinajstić information content (AvgIpc) is 2.34. The Bertz CT molecular complexity index is 622. The summed E-state index contributed by atoms with van der Waals surface area (Å²) in [4.78, 5) is 4.42. The maximum absolute atomic E-state index is 9.95. The Kier molecular flexibility index (Phi) is 2.14. The molecule has 1 aliphatic carbocycles. The minimum absolute atomic E-state index is 0.488. The second-order valence-electron chi connectivity index (χ2n) is 4.14. The smallest absolute Gasteiger partial charge is 0.113 e. The van der Waals surface area contributed by atoms with Gasteiger partial charge in [0.25, 0.3) is 0 Å². The number of rotatable bonds is 0. The second kappa shape index (κ2) is 3.55. The summed E-state index contributed by atoms with van der Waals surface area (Å²) in [6.45, 7) is 0. The lowest BCUT2D eigenvalue weighted by molar-refractivity contribution is 0.0473. The number of para-hydroxylation sites is 1. The van der Waals surface area contributed by atoms with Gasteiger partial charge in [-0.15, -0.1) is 0 Å². The summed E-state index contributed by atoms with van der Waals surface area (Å²) in [5, 5.41) is 20.3. The quantitative estimate of drug-likeness (QED) is 0.633. The van der Waals surface area contributed by atoms with E-state index in [1.54, 1.807) is 6.08 Å². The zero-order chi connectivity index (χ0) is 12.0. The highest BCUT2D eigenvalue weighted by Crippen LogP contribution is 2.35. The van der Waals surface area contributed by atoms with Gasteiger partial charge in [0.2, 0.25) is 0 Å². The molecule has 2 atom stereocenters. The summed E-state index contributed by atoms with van der Waals surface area (Å²) in [5.74, 6) is 0. The van der Waals surface area contributed by atoms with Gasteiger partial charge in [-0.25, -0.2) is 4.98 Å². The third-order valence-corrected chi connectivity index (χ3v) is 3.07. The molecule has 4 N–H and O–H groups in total. The van der Waals surface area contributed by atoms with Crippen molar-refractivity contribution < 1.29 is 10.2 Å². The Morgan fingerprint density at radius 2 is 1.94 bits per heavy atom. The number of nitrogen functional groups attached to an aromatic ring is 1. The van der Waals surface area contributed by atoms with E-state index in [9.17, 15) is 10.2 Å². The molecule has 4 nitrogen and oxygen atoms in total. The van der Waals surface area contributed by atoms with Gasteiger partial charge in [-0.1, -0.05) is 24.3 Å². The van der Waals surface area contributed by atoms with Crippen LogP contribution >= 0.6 is 0 Å². The lowest BCUT2D eigenvalue weighted by Crippen LogP contribution is -2.21. The minimum Gasteiger partial charge on any atom is -0.398 e. The maximum Gasteiger partial charge on any atom is 0.113 e. The van der Waals surface area contributed by atoms with Gasteiger partial charge in [-0.05, 0) is 12.1 Å². The summed E-state index contributed by atoms with van der Waals surface area (Å²) >= 11 is 0. The van der Waals surface area contributed by atoms with Crippen LogP contribution in [-0.2, 0) is 0 Å². The molecule has 0 saturated carbocycles. The number of nitrogens with zero attached hydrogens (tertiary/aromatic N) is 1. The van der Waals surface area contributed by atoms with E-state index in [1.165, 1.54) is 6.08 Å². The van der Waals surface area contributed by atoms with Crippen molar-refractivity contribution >= 4 is 22.7 Å². The van der Waals surface area contributed by atoms with Crippen molar-refractivity contribution in [2.45, 2.75) is 12.2 Å². The molecular weight excluding hydrogens is 216 g/mol. The highest BCUT2D eigenvalue weighted by molar-refractivity contribution is 5.93. The SMILES string of the molecule is Nc1c2c(nc3ccccc13)C=CC(O)C2O. The lowest BCUT2D eigenvalue weighted by Gasteiger charge is -2.23. The van der Waals surface area contributed by atoms with Crippen molar-refractivity contribution in [3.05, 3.63) is 41.6 Å². The minimum atomic E-state index is -1.01. The largest absolute Gasteiger partial charge is 0.398 e. The van der Waals surface area contributed by atoms with Gasteiger partial charge >= 0.3 is 0 Å². The van der Waals surface area contributed by atoms with E-state index in [0.717, 1.165) is 10.9 Å². The van der Waals surface area contributed by atoms with Gasteiger partial charge in [-0.2, -0.15) is 0 Å². The fraction of sp³-hybridized carbons (Fsp3) is 0.154. The Hall–Kier alpha value is -1.91. The molecule has 86 valence electrons. The van der Waals surface area contributed by atoms with E-state index in [-0.39, 0.29) is 0 Å². The molecule has 2 aromatic rings. The molecule has 1 aromatic carbocycles. The van der Waals surface area contributed by atoms with Crippen LogP contribution < -0.4 is 5.73 Å². The van der Waals surface area contributed by atoms with E-state index >= 15 is 0 Å². The van der Waals surface area contributed by atoms with Gasteiger partial charge in [-0.3, -0.25) is 0 Å². The summed E-state index contributed by atoms with van der Waals surface area (Å²) in [5.41, 5.74) is 8.46. The maximum atomic E-state index is 9.95. The Morgan fingerprint density at radius 1 is 1.18 bits per heavy atom. The third-order valence-electron chi connectivity index (χ3n) is 3.07. The predicted molar refractivity (Wildman–Crippen MR) is 66.2 cm³/mol. The lowest BCUT2D eigenvalue weighted by atomic mass is 9.93. The van der Waals surface area contributed by atoms with Crippen LogP contribution in [0.25, 0.3) is 17.0 Å². The first-order valence-electron chi connectivity index (χ1n) is 5.41. The number of benzene rings is 1. The van der Waals surface area contributed by atoms with E-state index < -0.39 is 12.2 Å². The molecule has 4 heteroatoms. The molecule has 0 radical (unpaired) electrons. The molecule has 1 aromatic heterocycles. The monoisotopic (exact) mass is 228 g/mol. The van der Waals surface area contributed by atoms with Gasteiger partial charge < -0.3 is 15.9 Å². The molecule has 1 heterocycles. The first-order valence-corrected chi connectivity index (χ1v) is 5.41. The van der Waals surface area contributed by atoms with Crippen LogP contribution in [-0.4, -0.2) is 21.3 Å². The molecule has 2 unspecified atom stereocenters. The number of aliphatic hydroxyl groups excluding tert-OH is 2. The van der Waals surface area contributed by atoms with Crippen molar-refractivity contribution in [3.8, 4) is 0 Å². The van der Waals surface area contributed by atoms with Crippen molar-refractivity contribution in [3.63, 3.8) is 0 Å². The molecule has 3 rings (SSSR count). The number of hydrogen-bond donors (Lipinski definition) is 3. The highest BCUT2D eigenvalue weighted by Gasteiger charge is 2.26. The molecule has 0 aliphatic heterocycles. The first-order chi connectivity index (χ1) is 8.18. The van der Waals surface area contributed by atoms with Gasteiger partial charge in [0.1, 0.15) is 12.2 Å². The predicted octanol–water partition coefficient (Wildman–Crippen LogP) is 1.24. The van der Waals surface area contributed by atoms with Crippen LogP contribution in [0.5, 0.6) is 0 Å². The molecule has 17 heavy (non-hydrogen) atoms. The number of fused-ring (bicyclic) bond motifs is 2. The summed E-state index contributed by atoms with van der Waals surface area (Å²) < 4.78 is 0. The molecule has 1 aliphatic rings. The zero-order valence-electron chi connectivity index (χ0n) is 9.04. The number of hydrogen-bond acceptors (Lipinski definition) is 4. The summed E-state index contributed by atoms with van der Waals surface area (Å²) in [7, 11) is 0. The Balaban J connectivity index is 2.38. The fourth-order valence-corrected chi connectivity index (χ4v) is 2.18. The molecule has 0 spiro atoms. The van der Waals surface area contributed by atoms with Gasteiger partial charge in [0, 0.05) is 16.6 Å². The molecule has 0 fully saturated rings. The number of anilines is 1. The van der Waals surface area contributed by atoms with E-state index in [4.69, 9.17) is 5.73 Å². The summed E-state index contributed by atoms with van der Waals surface area (Å²) in [6.07, 6.45) is 1.28. The Morgan fingerprint density at radius 3 is 2.76 bits per heavy atom. The number of nitrogens with two attached hydrogens (primary N) is 1. The number of pyridine rings is 1. The Labute approximate surface area is 98.0 Å². The average molecular weight is 228 g/mol. The standard InChI is InChI=1S/C13H12N2O2/c14-12-7-3-1-2-4-8(7)15-9-5-6-10(16)13(17)11(9)12/h1-6,10,13,16-17H,(H2,14,15). The number of aliphatic hydroxyl groups is 2. The van der Waals surface area contributed by atoms with Crippen molar-refractivity contribution in [2.24, 2.45) is 0 Å². The van der Waals surface area contributed by atoms with Crippen molar-refractivity contribution in [2.75, 3.05) is 5.73 Å². The van der Waals surface area contributed by atoms with Gasteiger partial charge in [0.05, 0.1) is 11.2 Å². The van der Waals surface area contributed by atoms with E-state index in [2.05, 4.69) is 4.98 Å². The van der Waals surface area contributed by atoms with Crippen LogP contribution in [0, 0.1) is 0 Å². The van der Waals surface area contributed by atoms with Crippen LogP contribution in [0.2, 0.25) is 0 Å². The van der Waals surface area contributed by atoms with Crippen molar-refractivity contribution in [1.29, 1.82) is 0 Å². The van der Waals surface area contributed by atoms with Crippen LogP contribution in [0.4, 0.5) is 5.69 Å². The van der Waals surface area contributed by atoms with E-state index in [0.29, 0.717) is 16.9 Å². The number of aromatic nitrogens is 1. The van der Waals surface area contributed by atoms with Crippen LogP contribution in [0.1, 0.15) is 17.4 Å². The summed E-state index contributed by atoms with van der Waals surface area (Å²) in [6, 6.07) is 7.49. The molecule has 0 saturated heterocycles. The van der Waals surface area contributed by atoms with Crippen LogP contribution in [0.15, 0.2) is 30.3 Å². The molecule has 0 amide bonds. The van der Waals surface area contributed by atoms with E-state index in [1.807, 2.05) is 24.3 Å². The topological polar surface area (TPSA) is 79.4 Å². The highest BCUT2D eigenvalue weighted by atomic mass is 16.3. The van der Waals surface area contributed by atoms with Gasteiger partial charge in [0.15, 0.2) is 0 Å². The second-order valence-corrected chi connectivity index (χ2v) is 4.14. The van der Waals surface area contributed by atoms with Crippen LogP contribution in [0.3, 0.4) is 0 Å². The fourth-order valence-electron chi connectivity index (χ4n) is 2.18. The molecular formula is C13H12N2O2. The normalized spacial score (nSPS) is 22.7. The third kappa shape index (κ3) is 1.42.